The molecular formula is C9H13KN2S2. The molecule has 0 unspecified atom stereocenters. The second-order valence-corrected chi connectivity index (χ2v) is 4.94. The first-order valence-corrected chi connectivity index (χ1v) is 5.62. The number of thiocarbonyl (C=S) groups is 1. The van der Waals surface area contributed by atoms with Gasteiger partial charge in [-0.3, -0.25) is 3.97 Å². The van der Waals surface area contributed by atoms with Gasteiger partial charge in [0.05, 0.1) is 0 Å². The van der Waals surface area contributed by atoms with Gasteiger partial charge in [-0.2, -0.15) is 0 Å². The van der Waals surface area contributed by atoms with E-state index in [-0.39, 0.29) is 52.8 Å². The Labute approximate surface area is 138 Å². The van der Waals surface area contributed by atoms with Crippen molar-refractivity contribution in [3.8, 4) is 0 Å². The molecule has 0 bridgehead atoms. The zero-order valence-electron chi connectivity index (χ0n) is 9.32. The summed E-state index contributed by atoms with van der Waals surface area (Å²) in [4.78, 5) is 0. The Morgan fingerprint density at radius 1 is 1.50 bits per heavy atom. The Kier molecular flexibility index (Phi) is 5.70. The van der Waals surface area contributed by atoms with Gasteiger partial charge in [0.25, 0.3) is 0 Å². The SMILES string of the molecule is NC(=S)Sn1ccc2c1CCCC2.[H-].[K+]. The van der Waals surface area contributed by atoms with Gasteiger partial charge >= 0.3 is 51.4 Å². The summed E-state index contributed by atoms with van der Waals surface area (Å²) >= 11 is 6.31. The fourth-order valence-corrected chi connectivity index (χ4v) is 2.65. The van der Waals surface area contributed by atoms with Crippen LogP contribution in [0.25, 0.3) is 0 Å². The fourth-order valence-electron chi connectivity index (χ4n) is 1.77. The molecule has 1 aliphatic carbocycles. The molecule has 2 N–H and O–H groups in total. The third-order valence-electron chi connectivity index (χ3n) is 2.35. The summed E-state index contributed by atoms with van der Waals surface area (Å²) in [5, 5.41) is 0. The van der Waals surface area contributed by atoms with E-state index in [9.17, 15) is 0 Å². The average Bonchev–Trinajstić information content (AvgIpc) is 2.48. The van der Waals surface area contributed by atoms with E-state index in [2.05, 4.69) is 16.2 Å². The van der Waals surface area contributed by atoms with Crippen LogP contribution in [-0.2, 0) is 12.8 Å². The normalized spacial score (nSPS) is 14.3. The van der Waals surface area contributed by atoms with Crippen molar-refractivity contribution in [1.82, 2.24) is 3.97 Å². The zero-order chi connectivity index (χ0) is 9.26. The summed E-state index contributed by atoms with van der Waals surface area (Å²) in [6, 6.07) is 2.18. The van der Waals surface area contributed by atoms with Crippen molar-refractivity contribution in [2.75, 3.05) is 0 Å². The molecular weight excluding hydrogens is 239 g/mol. The molecule has 0 radical (unpaired) electrons. The molecule has 0 saturated carbocycles. The fraction of sp³-hybridized carbons (Fsp3) is 0.444. The minimum atomic E-state index is 0. The van der Waals surface area contributed by atoms with Crippen molar-refractivity contribution in [1.29, 1.82) is 0 Å². The Morgan fingerprint density at radius 2 is 2.21 bits per heavy atom. The molecule has 1 aromatic heterocycles. The Hall–Kier alpha value is 1.16. The third kappa shape index (κ3) is 3.07. The van der Waals surface area contributed by atoms with Crippen molar-refractivity contribution in [3.05, 3.63) is 23.5 Å². The number of aromatic nitrogens is 1. The van der Waals surface area contributed by atoms with Crippen LogP contribution < -0.4 is 57.1 Å². The quantitative estimate of drug-likeness (QED) is 0.526. The summed E-state index contributed by atoms with van der Waals surface area (Å²) in [7, 11) is 0. The molecule has 1 aliphatic rings. The van der Waals surface area contributed by atoms with E-state index in [1.807, 2.05) is 0 Å². The topological polar surface area (TPSA) is 30.9 Å². The van der Waals surface area contributed by atoms with Gasteiger partial charge in [-0.1, -0.05) is 12.2 Å². The number of nitrogens with zero attached hydrogens (tertiary/aromatic N) is 1. The van der Waals surface area contributed by atoms with Crippen LogP contribution in [-0.4, -0.2) is 8.29 Å². The summed E-state index contributed by atoms with van der Waals surface area (Å²) < 4.78 is 2.60. The summed E-state index contributed by atoms with van der Waals surface area (Å²) in [6.45, 7) is 0. The van der Waals surface area contributed by atoms with Crippen LogP contribution in [0.2, 0.25) is 0 Å². The molecule has 0 atom stereocenters. The van der Waals surface area contributed by atoms with Gasteiger partial charge in [-0.15, -0.1) is 0 Å². The van der Waals surface area contributed by atoms with Crippen molar-refractivity contribution in [2.24, 2.45) is 5.73 Å². The second-order valence-electron chi connectivity index (χ2n) is 3.23. The van der Waals surface area contributed by atoms with Gasteiger partial charge in [0.15, 0.2) is 4.32 Å². The number of fused-ring (bicyclic) bond motifs is 1. The molecule has 5 heteroatoms. The third-order valence-corrected chi connectivity index (χ3v) is 3.29. The smallest absolute Gasteiger partial charge is 1.00 e. The minimum absolute atomic E-state index is 0. The van der Waals surface area contributed by atoms with Crippen LogP contribution in [0.5, 0.6) is 0 Å². The van der Waals surface area contributed by atoms with Crippen LogP contribution >= 0.6 is 24.2 Å². The van der Waals surface area contributed by atoms with Gasteiger partial charge in [-0.25, -0.2) is 0 Å². The van der Waals surface area contributed by atoms with E-state index in [0.29, 0.717) is 4.32 Å². The number of aryl methyl sites for hydroxylation is 1. The predicted molar refractivity (Wildman–Crippen MR) is 62.0 cm³/mol. The van der Waals surface area contributed by atoms with Crippen molar-refractivity contribution >= 4 is 28.5 Å². The Morgan fingerprint density at radius 3 is 2.93 bits per heavy atom. The van der Waals surface area contributed by atoms with Crippen LogP contribution in [0.1, 0.15) is 25.5 Å². The van der Waals surface area contributed by atoms with Gasteiger partial charge in [-0.05, 0) is 37.3 Å². The monoisotopic (exact) mass is 252 g/mol. The molecule has 0 amide bonds. The number of rotatable bonds is 1. The molecule has 2 rings (SSSR count). The van der Waals surface area contributed by atoms with E-state index in [0.717, 1.165) is 6.42 Å². The first-order chi connectivity index (χ1) is 6.27. The van der Waals surface area contributed by atoms with Crippen LogP contribution in [0.3, 0.4) is 0 Å². The number of hydrogen-bond donors (Lipinski definition) is 1. The number of nitrogens with two attached hydrogens (primary N) is 1. The molecule has 0 spiro atoms. The van der Waals surface area contributed by atoms with E-state index in [1.165, 1.54) is 42.5 Å². The summed E-state index contributed by atoms with van der Waals surface area (Å²) in [5.74, 6) is 0. The van der Waals surface area contributed by atoms with Crippen molar-refractivity contribution < 1.29 is 52.8 Å². The predicted octanol–water partition coefficient (Wildman–Crippen LogP) is -0.777. The Bertz CT molecular complexity index is 341. The van der Waals surface area contributed by atoms with E-state index in [1.54, 1.807) is 0 Å². The molecule has 0 aromatic carbocycles. The standard InChI is InChI=1S/C9H12N2S2.K.H/c10-9(12)13-11-6-5-7-3-1-2-4-8(7)11;;/h5-6H,1-4H2,(H2,10,12);;/q;+1;-1. The van der Waals surface area contributed by atoms with Crippen molar-refractivity contribution in [3.63, 3.8) is 0 Å². The summed E-state index contributed by atoms with van der Waals surface area (Å²) in [6.07, 6.45) is 7.04. The maximum atomic E-state index is 5.49. The molecule has 72 valence electrons. The molecule has 1 heterocycles. The number of hydrogen-bond acceptors (Lipinski definition) is 2. The van der Waals surface area contributed by atoms with Gasteiger partial charge in [0, 0.05) is 23.8 Å². The van der Waals surface area contributed by atoms with Crippen molar-refractivity contribution in [2.45, 2.75) is 25.7 Å². The molecule has 0 saturated heterocycles. The van der Waals surface area contributed by atoms with Gasteiger partial charge in [0.1, 0.15) is 0 Å². The summed E-state index contributed by atoms with van der Waals surface area (Å²) in [5.41, 5.74) is 8.36. The molecule has 2 nitrogen and oxygen atoms in total. The zero-order valence-corrected chi connectivity index (χ0v) is 13.1. The van der Waals surface area contributed by atoms with Crippen LogP contribution in [0, 0.1) is 0 Å². The molecule has 1 aromatic rings. The molecule has 14 heavy (non-hydrogen) atoms. The largest absolute Gasteiger partial charge is 1.00 e. The van der Waals surface area contributed by atoms with Gasteiger partial charge < -0.3 is 7.16 Å². The molecule has 0 fully saturated rings. The maximum Gasteiger partial charge on any atom is 1.00 e. The second kappa shape index (κ2) is 6.03. The van der Waals surface area contributed by atoms with E-state index < -0.39 is 0 Å². The van der Waals surface area contributed by atoms with E-state index in [4.69, 9.17) is 18.0 Å². The van der Waals surface area contributed by atoms with E-state index >= 15 is 0 Å². The maximum absolute atomic E-state index is 5.49. The first kappa shape index (κ1) is 13.2. The van der Waals surface area contributed by atoms with Gasteiger partial charge in [0.2, 0.25) is 0 Å². The minimum Gasteiger partial charge on any atom is -1.00 e. The Balaban J connectivity index is 0.000000980. The van der Waals surface area contributed by atoms with Crippen LogP contribution in [0.15, 0.2) is 12.3 Å². The molecule has 0 aliphatic heterocycles. The first-order valence-electron chi connectivity index (χ1n) is 4.44. The average molecular weight is 252 g/mol. The van der Waals surface area contributed by atoms with Crippen LogP contribution in [0.4, 0.5) is 0 Å².